The zero-order valence-electron chi connectivity index (χ0n) is 5.14. The molecule has 5 nitrogen and oxygen atoms in total. The number of carboxylic acid groups (broad SMARTS) is 1. The molecule has 0 aromatic heterocycles. The van der Waals surface area contributed by atoms with Gasteiger partial charge in [-0.05, 0) is 0 Å². The Morgan fingerprint density at radius 1 is 1.36 bits per heavy atom. The second-order valence-corrected chi connectivity index (χ2v) is 1.26. The van der Waals surface area contributed by atoms with Crippen LogP contribution in [0.3, 0.4) is 0 Å². The maximum Gasteiger partial charge on any atom is 0.490 e. The molecule has 0 radical (unpaired) electrons. The Bertz CT molecular complexity index is 150. The number of rotatable bonds is 0. The van der Waals surface area contributed by atoms with E-state index in [4.69, 9.17) is 15.3 Å². The monoisotopic (exact) mass is 173 g/mol. The number of carboxylic acids is 1. The van der Waals surface area contributed by atoms with Gasteiger partial charge in [-0.2, -0.15) is 13.2 Å². The van der Waals surface area contributed by atoms with Gasteiger partial charge >= 0.3 is 12.1 Å². The quantitative estimate of drug-likeness (QED) is 0.291. The lowest BCUT2D eigenvalue weighted by atomic mass is 10.7. The first-order chi connectivity index (χ1) is 4.68. The molecular formula is C3H6F3N3O2. The highest BCUT2D eigenvalue weighted by atomic mass is 19.4. The van der Waals surface area contributed by atoms with Crippen LogP contribution in [0.4, 0.5) is 13.2 Å². The summed E-state index contributed by atoms with van der Waals surface area (Å²) in [6.07, 6.45) is -5.08. The minimum atomic E-state index is -5.08. The first-order valence-corrected chi connectivity index (χ1v) is 2.07. The molecule has 0 rings (SSSR count). The molecule has 0 bridgehead atoms. The fraction of sp³-hybridized carbons (Fsp3) is 0.333. The number of nitrogens with one attached hydrogen (secondary N) is 1. The smallest absolute Gasteiger partial charge is 0.475 e. The lowest BCUT2D eigenvalue weighted by Gasteiger charge is -1.93. The molecule has 6 N–H and O–H groups in total. The molecule has 8 heteroatoms. The predicted molar refractivity (Wildman–Crippen MR) is 29.8 cm³/mol. The summed E-state index contributed by atoms with van der Waals surface area (Å²) in [4.78, 5) is 8.90. The topological polar surface area (TPSA) is 113 Å². The summed E-state index contributed by atoms with van der Waals surface area (Å²) in [5, 5.41) is 13.2. The largest absolute Gasteiger partial charge is 0.490 e. The summed E-state index contributed by atoms with van der Waals surface area (Å²) in [5.41, 5.74) is 8.94. The van der Waals surface area contributed by atoms with Crippen LogP contribution in [0.5, 0.6) is 0 Å². The summed E-state index contributed by atoms with van der Waals surface area (Å²) in [6, 6.07) is 0. The lowest BCUT2D eigenvalue weighted by Crippen LogP contribution is -2.21. The number of guanidine groups is 1. The van der Waals surface area contributed by atoms with Crippen LogP contribution in [-0.4, -0.2) is 23.2 Å². The standard InChI is InChI=1S/C2HF3O2.CH5N3/c3-2(4,5)1(6)7;2-1(3)4/h(H,6,7);(H5,2,3,4). The van der Waals surface area contributed by atoms with Crippen molar-refractivity contribution in [3.8, 4) is 0 Å². The van der Waals surface area contributed by atoms with Crippen LogP contribution in [-0.2, 0) is 4.79 Å². The SMILES string of the molecule is N=C(N)N.O=C(O)C(F)(F)F. The molecule has 66 valence electrons. The van der Waals surface area contributed by atoms with Crippen molar-refractivity contribution < 1.29 is 23.1 Å². The maximum atomic E-state index is 10.6. The Labute approximate surface area is 59.3 Å². The molecular weight excluding hydrogens is 167 g/mol. The molecule has 0 saturated heterocycles. The van der Waals surface area contributed by atoms with E-state index < -0.39 is 12.1 Å². The van der Waals surface area contributed by atoms with Gasteiger partial charge in [-0.3, -0.25) is 5.41 Å². The van der Waals surface area contributed by atoms with Crippen molar-refractivity contribution in [2.24, 2.45) is 11.5 Å². The average molecular weight is 173 g/mol. The van der Waals surface area contributed by atoms with Gasteiger partial charge in [0.25, 0.3) is 0 Å². The van der Waals surface area contributed by atoms with Gasteiger partial charge in [-0.1, -0.05) is 0 Å². The third-order valence-corrected chi connectivity index (χ3v) is 0.243. The highest BCUT2D eigenvalue weighted by molar-refractivity contribution is 5.73. The van der Waals surface area contributed by atoms with E-state index in [0.717, 1.165) is 0 Å². The summed E-state index contributed by atoms with van der Waals surface area (Å²) in [7, 11) is 0. The van der Waals surface area contributed by atoms with Crippen molar-refractivity contribution in [2.75, 3.05) is 0 Å². The van der Waals surface area contributed by atoms with Crippen LogP contribution in [0.25, 0.3) is 0 Å². The first-order valence-electron chi connectivity index (χ1n) is 2.07. The number of nitrogens with two attached hydrogens (primary N) is 2. The van der Waals surface area contributed by atoms with Crippen molar-refractivity contribution in [1.82, 2.24) is 0 Å². The van der Waals surface area contributed by atoms with Crippen LogP contribution >= 0.6 is 0 Å². The van der Waals surface area contributed by atoms with E-state index in [1.54, 1.807) is 0 Å². The molecule has 0 fully saturated rings. The molecule has 0 spiro atoms. The van der Waals surface area contributed by atoms with Gasteiger partial charge in [-0.25, -0.2) is 4.79 Å². The number of hydrogen-bond acceptors (Lipinski definition) is 2. The predicted octanol–water partition coefficient (Wildman–Crippen LogP) is -0.528. The zero-order chi connectivity index (χ0) is 9.65. The summed E-state index contributed by atoms with van der Waals surface area (Å²) in [5.74, 6) is -3.09. The van der Waals surface area contributed by atoms with Crippen molar-refractivity contribution in [1.29, 1.82) is 5.41 Å². The van der Waals surface area contributed by atoms with Gasteiger partial charge in [-0.15, -0.1) is 0 Å². The lowest BCUT2D eigenvalue weighted by molar-refractivity contribution is -0.192. The molecule has 0 saturated carbocycles. The molecule has 0 aliphatic heterocycles. The number of carbonyl (C=O) groups is 1. The molecule has 0 aliphatic carbocycles. The van der Waals surface area contributed by atoms with Gasteiger partial charge < -0.3 is 16.6 Å². The summed E-state index contributed by atoms with van der Waals surface area (Å²) >= 11 is 0. The van der Waals surface area contributed by atoms with E-state index in [1.165, 1.54) is 0 Å². The van der Waals surface area contributed by atoms with Gasteiger partial charge in [0, 0.05) is 0 Å². The van der Waals surface area contributed by atoms with E-state index in [0.29, 0.717) is 0 Å². The maximum absolute atomic E-state index is 10.6. The highest BCUT2D eigenvalue weighted by Crippen LogP contribution is 2.13. The minimum absolute atomic E-state index is 0.333. The Hall–Kier alpha value is -1.47. The Morgan fingerprint density at radius 2 is 1.45 bits per heavy atom. The van der Waals surface area contributed by atoms with Gasteiger partial charge in [0.1, 0.15) is 0 Å². The van der Waals surface area contributed by atoms with Gasteiger partial charge in [0.2, 0.25) is 0 Å². The van der Waals surface area contributed by atoms with Crippen LogP contribution in [0.15, 0.2) is 0 Å². The molecule has 11 heavy (non-hydrogen) atoms. The number of alkyl halides is 3. The van der Waals surface area contributed by atoms with Crippen LogP contribution < -0.4 is 11.5 Å². The Balaban J connectivity index is 0. The minimum Gasteiger partial charge on any atom is -0.475 e. The van der Waals surface area contributed by atoms with E-state index in [1.807, 2.05) is 0 Å². The van der Waals surface area contributed by atoms with E-state index in [9.17, 15) is 13.2 Å². The first kappa shape index (κ1) is 12.2. The summed E-state index contributed by atoms with van der Waals surface area (Å²) in [6.45, 7) is 0. The third-order valence-electron chi connectivity index (χ3n) is 0.243. The van der Waals surface area contributed by atoms with Crippen LogP contribution in [0, 0.1) is 5.41 Å². The van der Waals surface area contributed by atoms with E-state index >= 15 is 0 Å². The number of halogens is 3. The fourth-order valence-electron chi connectivity index (χ4n) is 0. The number of hydrogen-bond donors (Lipinski definition) is 4. The van der Waals surface area contributed by atoms with Gasteiger partial charge in [0.05, 0.1) is 0 Å². The highest BCUT2D eigenvalue weighted by Gasteiger charge is 2.38. The van der Waals surface area contributed by atoms with Crippen LogP contribution in [0.1, 0.15) is 0 Å². The van der Waals surface area contributed by atoms with E-state index in [2.05, 4.69) is 11.5 Å². The van der Waals surface area contributed by atoms with Crippen molar-refractivity contribution in [2.45, 2.75) is 6.18 Å². The van der Waals surface area contributed by atoms with Crippen molar-refractivity contribution in [3.63, 3.8) is 0 Å². The fourth-order valence-corrected chi connectivity index (χ4v) is 0. The molecule has 0 unspecified atom stereocenters. The zero-order valence-corrected chi connectivity index (χ0v) is 5.14. The van der Waals surface area contributed by atoms with E-state index in [-0.39, 0.29) is 5.96 Å². The molecule has 0 atom stereocenters. The summed E-state index contributed by atoms with van der Waals surface area (Å²) < 4.78 is 31.7. The number of aliphatic carboxylic acids is 1. The molecule has 0 amide bonds. The average Bonchev–Trinajstić information content (AvgIpc) is 1.59. The Kier molecular flexibility index (Phi) is 4.85. The third kappa shape index (κ3) is 17.7. The van der Waals surface area contributed by atoms with Crippen LogP contribution in [0.2, 0.25) is 0 Å². The molecule has 0 heterocycles. The second-order valence-electron chi connectivity index (χ2n) is 1.26. The molecule has 0 aromatic carbocycles. The molecule has 0 aliphatic rings. The second kappa shape index (κ2) is 4.36. The van der Waals surface area contributed by atoms with Gasteiger partial charge in [0.15, 0.2) is 5.96 Å². The van der Waals surface area contributed by atoms with Crippen molar-refractivity contribution >= 4 is 11.9 Å². The van der Waals surface area contributed by atoms with Crippen molar-refractivity contribution in [3.05, 3.63) is 0 Å². The Morgan fingerprint density at radius 3 is 1.45 bits per heavy atom. The molecule has 0 aromatic rings. The normalized spacial score (nSPS) is 9.36.